The molecule has 0 spiro atoms. The van der Waals surface area contributed by atoms with Gasteiger partial charge in [0, 0.05) is 26.6 Å². The third-order valence-electron chi connectivity index (χ3n) is 2.38. The normalized spacial score (nSPS) is 18.1. The van der Waals surface area contributed by atoms with Crippen LogP contribution in [-0.2, 0) is 9.53 Å². The molecule has 1 fully saturated rings. The van der Waals surface area contributed by atoms with Crippen LogP contribution in [0.1, 0.15) is 19.8 Å². The van der Waals surface area contributed by atoms with Crippen molar-refractivity contribution in [2.75, 3.05) is 39.4 Å². The smallest absolute Gasteiger partial charge is 0.216 e. The average Bonchev–Trinajstić information content (AvgIpc) is 2.18. The summed E-state index contributed by atoms with van der Waals surface area (Å²) >= 11 is 0. The third-order valence-corrected chi connectivity index (χ3v) is 2.38. The van der Waals surface area contributed by atoms with Crippen molar-refractivity contribution in [1.82, 2.24) is 10.2 Å². The van der Waals surface area contributed by atoms with Gasteiger partial charge in [0.2, 0.25) is 5.91 Å². The van der Waals surface area contributed by atoms with Crippen LogP contribution in [0.3, 0.4) is 0 Å². The molecule has 0 atom stereocenters. The lowest BCUT2D eigenvalue weighted by Crippen LogP contribution is -2.37. The van der Waals surface area contributed by atoms with Crippen molar-refractivity contribution in [1.29, 1.82) is 0 Å². The summed E-state index contributed by atoms with van der Waals surface area (Å²) in [6.45, 7) is 7.34. The predicted molar refractivity (Wildman–Crippen MR) is 55.2 cm³/mol. The molecule has 0 saturated carbocycles. The van der Waals surface area contributed by atoms with Gasteiger partial charge in [-0.2, -0.15) is 0 Å². The van der Waals surface area contributed by atoms with E-state index >= 15 is 0 Å². The molecule has 1 rings (SSSR count). The molecule has 0 aromatic heterocycles. The fraction of sp³-hybridized carbons (Fsp3) is 0.900. The number of nitrogens with zero attached hydrogens (tertiary/aromatic N) is 1. The van der Waals surface area contributed by atoms with Crippen molar-refractivity contribution >= 4 is 5.91 Å². The lowest BCUT2D eigenvalue weighted by atomic mass is 10.2. The van der Waals surface area contributed by atoms with Crippen LogP contribution in [0.4, 0.5) is 0 Å². The molecule has 1 heterocycles. The van der Waals surface area contributed by atoms with E-state index in [1.165, 1.54) is 0 Å². The largest absolute Gasteiger partial charge is 0.379 e. The number of ether oxygens (including phenoxy) is 1. The highest BCUT2D eigenvalue weighted by Crippen LogP contribution is 1.99. The Morgan fingerprint density at radius 1 is 1.36 bits per heavy atom. The molecule has 4 heteroatoms. The third kappa shape index (κ3) is 5.19. The number of hydrogen-bond acceptors (Lipinski definition) is 3. The maximum Gasteiger partial charge on any atom is 0.216 e. The van der Waals surface area contributed by atoms with E-state index in [4.69, 9.17) is 4.74 Å². The van der Waals surface area contributed by atoms with Gasteiger partial charge < -0.3 is 10.1 Å². The lowest BCUT2D eigenvalue weighted by molar-refractivity contribution is -0.118. The van der Waals surface area contributed by atoms with Gasteiger partial charge in [0.25, 0.3) is 0 Å². The molecule has 1 aliphatic rings. The highest BCUT2D eigenvalue weighted by Gasteiger charge is 2.08. The topological polar surface area (TPSA) is 41.6 Å². The van der Waals surface area contributed by atoms with Crippen LogP contribution < -0.4 is 5.32 Å². The van der Waals surface area contributed by atoms with Gasteiger partial charge in [-0.1, -0.05) is 0 Å². The van der Waals surface area contributed by atoms with Gasteiger partial charge in [-0.3, -0.25) is 9.69 Å². The molecule has 1 saturated heterocycles. The summed E-state index contributed by atoms with van der Waals surface area (Å²) in [4.78, 5) is 13.0. The van der Waals surface area contributed by atoms with E-state index in [2.05, 4.69) is 10.2 Å². The molecule has 4 nitrogen and oxygen atoms in total. The molecule has 0 aromatic rings. The Labute approximate surface area is 85.6 Å². The molecular weight excluding hydrogens is 180 g/mol. The monoisotopic (exact) mass is 200 g/mol. The standard InChI is InChI=1S/C10H20N2O2/c1-10(13)11-4-2-3-5-12-6-8-14-9-7-12/h2-9H2,1H3,(H,11,13). The number of carbonyl (C=O) groups is 1. The van der Waals surface area contributed by atoms with Crippen molar-refractivity contribution in [2.24, 2.45) is 0 Å². The van der Waals surface area contributed by atoms with Crippen LogP contribution in [0.25, 0.3) is 0 Å². The van der Waals surface area contributed by atoms with Gasteiger partial charge in [-0.15, -0.1) is 0 Å². The first kappa shape index (κ1) is 11.5. The second-order valence-corrected chi connectivity index (χ2v) is 3.64. The Bertz CT molecular complexity index is 168. The first-order valence-corrected chi connectivity index (χ1v) is 5.33. The summed E-state index contributed by atoms with van der Waals surface area (Å²) in [6.07, 6.45) is 2.22. The van der Waals surface area contributed by atoms with E-state index in [-0.39, 0.29) is 5.91 Å². The Balaban J connectivity index is 1.90. The molecule has 0 unspecified atom stereocenters. The molecule has 0 radical (unpaired) electrons. The number of rotatable bonds is 5. The molecule has 1 N–H and O–H groups in total. The van der Waals surface area contributed by atoms with Gasteiger partial charge in [-0.05, 0) is 19.4 Å². The first-order valence-electron chi connectivity index (χ1n) is 5.33. The Kier molecular flexibility index (Phi) is 5.56. The minimum Gasteiger partial charge on any atom is -0.379 e. The number of hydrogen-bond donors (Lipinski definition) is 1. The molecule has 1 aliphatic heterocycles. The Hall–Kier alpha value is -0.610. The Morgan fingerprint density at radius 2 is 2.07 bits per heavy atom. The van der Waals surface area contributed by atoms with Gasteiger partial charge in [-0.25, -0.2) is 0 Å². The molecule has 14 heavy (non-hydrogen) atoms. The number of amides is 1. The minimum atomic E-state index is 0.0661. The number of unbranched alkanes of at least 4 members (excludes halogenated alkanes) is 1. The molecule has 1 amide bonds. The summed E-state index contributed by atoms with van der Waals surface area (Å²) in [5, 5.41) is 2.80. The average molecular weight is 200 g/mol. The fourth-order valence-corrected chi connectivity index (χ4v) is 1.55. The molecule has 0 bridgehead atoms. The minimum absolute atomic E-state index is 0.0661. The highest BCUT2D eigenvalue weighted by atomic mass is 16.5. The van der Waals surface area contributed by atoms with Gasteiger partial charge in [0.1, 0.15) is 0 Å². The number of carbonyl (C=O) groups excluding carboxylic acids is 1. The van der Waals surface area contributed by atoms with E-state index in [1.54, 1.807) is 6.92 Å². The zero-order chi connectivity index (χ0) is 10.2. The van der Waals surface area contributed by atoms with Crippen LogP contribution in [0.2, 0.25) is 0 Å². The second-order valence-electron chi connectivity index (χ2n) is 3.64. The SMILES string of the molecule is CC(=O)NCCCCN1CCOCC1. The maximum absolute atomic E-state index is 10.6. The quantitative estimate of drug-likeness (QED) is 0.646. The van der Waals surface area contributed by atoms with Crippen LogP contribution in [0.5, 0.6) is 0 Å². The van der Waals surface area contributed by atoms with E-state index in [0.717, 1.165) is 52.2 Å². The van der Waals surface area contributed by atoms with Crippen molar-refractivity contribution < 1.29 is 9.53 Å². The van der Waals surface area contributed by atoms with E-state index in [0.29, 0.717) is 0 Å². The predicted octanol–water partition coefficient (Wildman–Crippen LogP) is 0.235. The first-order chi connectivity index (χ1) is 6.79. The number of morpholine rings is 1. The summed E-state index contributed by atoms with van der Waals surface area (Å²) in [6, 6.07) is 0. The van der Waals surface area contributed by atoms with Crippen molar-refractivity contribution in [3.63, 3.8) is 0 Å². The van der Waals surface area contributed by atoms with Gasteiger partial charge >= 0.3 is 0 Å². The van der Waals surface area contributed by atoms with Crippen molar-refractivity contribution in [3.8, 4) is 0 Å². The Morgan fingerprint density at radius 3 is 2.71 bits per heavy atom. The highest BCUT2D eigenvalue weighted by molar-refractivity contribution is 5.72. The molecular formula is C10H20N2O2. The van der Waals surface area contributed by atoms with Gasteiger partial charge in [0.15, 0.2) is 0 Å². The van der Waals surface area contributed by atoms with Gasteiger partial charge in [0.05, 0.1) is 13.2 Å². The summed E-state index contributed by atoms with van der Waals surface area (Å²) in [7, 11) is 0. The fourth-order valence-electron chi connectivity index (χ4n) is 1.55. The van der Waals surface area contributed by atoms with Crippen molar-refractivity contribution in [3.05, 3.63) is 0 Å². The zero-order valence-corrected chi connectivity index (χ0v) is 8.92. The zero-order valence-electron chi connectivity index (χ0n) is 8.92. The van der Waals surface area contributed by atoms with Crippen LogP contribution >= 0.6 is 0 Å². The summed E-state index contributed by atoms with van der Waals surface area (Å²) < 4.78 is 5.26. The van der Waals surface area contributed by atoms with Crippen LogP contribution in [0.15, 0.2) is 0 Å². The summed E-state index contributed by atoms with van der Waals surface area (Å²) in [5.41, 5.74) is 0. The molecule has 0 aliphatic carbocycles. The summed E-state index contributed by atoms with van der Waals surface area (Å²) in [5.74, 6) is 0.0661. The maximum atomic E-state index is 10.6. The lowest BCUT2D eigenvalue weighted by Gasteiger charge is -2.26. The molecule has 82 valence electrons. The van der Waals surface area contributed by atoms with E-state index in [1.807, 2.05) is 0 Å². The van der Waals surface area contributed by atoms with Crippen LogP contribution in [-0.4, -0.2) is 50.2 Å². The number of nitrogens with one attached hydrogen (secondary N) is 1. The second kappa shape index (κ2) is 6.79. The van der Waals surface area contributed by atoms with E-state index < -0.39 is 0 Å². The van der Waals surface area contributed by atoms with Crippen LogP contribution in [0, 0.1) is 0 Å². The molecule has 0 aromatic carbocycles. The van der Waals surface area contributed by atoms with E-state index in [9.17, 15) is 4.79 Å². The van der Waals surface area contributed by atoms with Crippen molar-refractivity contribution in [2.45, 2.75) is 19.8 Å².